The van der Waals surface area contributed by atoms with Gasteiger partial charge in [0.15, 0.2) is 0 Å². The van der Waals surface area contributed by atoms with E-state index in [1.54, 1.807) is 18.1 Å². The van der Waals surface area contributed by atoms with Crippen LogP contribution in [0.2, 0.25) is 0 Å². The van der Waals surface area contributed by atoms with E-state index < -0.39 is 0 Å². The number of aryl methyl sites for hydroxylation is 1. The van der Waals surface area contributed by atoms with E-state index in [1.165, 1.54) is 25.7 Å². The third-order valence-corrected chi connectivity index (χ3v) is 5.55. The molecule has 128 valence electrons. The molecule has 23 heavy (non-hydrogen) atoms. The summed E-state index contributed by atoms with van der Waals surface area (Å²) >= 11 is 1.57. The summed E-state index contributed by atoms with van der Waals surface area (Å²) in [6.07, 6.45) is 6.85. The minimum atomic E-state index is 0. The molecule has 0 radical (unpaired) electrons. The lowest BCUT2D eigenvalue weighted by atomic mass is 9.99. The van der Waals surface area contributed by atoms with Crippen molar-refractivity contribution in [3.63, 3.8) is 0 Å². The van der Waals surface area contributed by atoms with E-state index in [0.717, 1.165) is 37.1 Å². The molecule has 1 aromatic rings. The maximum atomic E-state index is 12.3. The summed E-state index contributed by atoms with van der Waals surface area (Å²) in [4.78, 5) is 16.4. The van der Waals surface area contributed by atoms with Gasteiger partial charge < -0.3 is 10.1 Å². The van der Waals surface area contributed by atoms with E-state index in [1.807, 2.05) is 19.1 Å². The first-order valence-corrected chi connectivity index (χ1v) is 9.32. The Kier molecular flexibility index (Phi) is 5.91. The summed E-state index contributed by atoms with van der Waals surface area (Å²) in [6.45, 7) is 4.89. The lowest BCUT2D eigenvalue weighted by Crippen LogP contribution is -2.31. The lowest BCUT2D eigenvalue weighted by Gasteiger charge is -2.16. The molecule has 3 fully saturated rings. The number of hydrogen-bond acceptors (Lipinski definition) is 5. The van der Waals surface area contributed by atoms with Gasteiger partial charge in [-0.2, -0.15) is 0 Å². The molecule has 2 atom stereocenters. The van der Waals surface area contributed by atoms with Crippen LogP contribution in [0.15, 0.2) is 18.3 Å². The van der Waals surface area contributed by atoms with Crippen LogP contribution in [-0.4, -0.2) is 35.9 Å². The van der Waals surface area contributed by atoms with Crippen LogP contribution in [0, 0.1) is 18.8 Å². The molecule has 0 spiro atoms. The smallest absolute Gasteiger partial charge is 0.239 e. The van der Waals surface area contributed by atoms with Gasteiger partial charge in [0.2, 0.25) is 5.91 Å². The Balaban J connectivity index is 0.000000300. The largest absolute Gasteiger partial charge is 0.381 e. The van der Waals surface area contributed by atoms with Crippen LogP contribution in [-0.2, 0) is 9.53 Å². The van der Waals surface area contributed by atoms with Gasteiger partial charge in [0.05, 0.1) is 0 Å². The first kappa shape index (κ1) is 16.7. The Bertz CT molecular complexity index is 531. The number of pyridine rings is 1. The zero-order chi connectivity index (χ0) is 16.1. The molecule has 3 aliphatic rings. The molecule has 2 unspecified atom stereocenters. The molecule has 1 aromatic heterocycles. The van der Waals surface area contributed by atoms with Crippen molar-refractivity contribution >= 4 is 23.5 Å². The maximum absolute atomic E-state index is 12.3. The molecule has 3 heterocycles. The predicted molar refractivity (Wildman–Crippen MR) is 95.4 cm³/mol. The van der Waals surface area contributed by atoms with Gasteiger partial charge >= 0.3 is 0 Å². The number of nitrogens with one attached hydrogen (secondary N) is 2. The first-order chi connectivity index (χ1) is 11.2. The minimum absolute atomic E-state index is 0. The summed E-state index contributed by atoms with van der Waals surface area (Å²) in [7, 11) is 0. The van der Waals surface area contributed by atoms with Crippen LogP contribution in [0.5, 0.6) is 0 Å². The van der Waals surface area contributed by atoms with Crippen LogP contribution in [0.1, 0.15) is 32.8 Å². The van der Waals surface area contributed by atoms with E-state index in [9.17, 15) is 4.79 Å². The quantitative estimate of drug-likeness (QED) is 0.830. The monoisotopic (exact) mass is 337 g/mol. The van der Waals surface area contributed by atoms with Gasteiger partial charge in [-0.1, -0.05) is 11.9 Å². The number of hydrogen-bond donors (Lipinski definition) is 2. The zero-order valence-corrected chi connectivity index (χ0v) is 14.4. The van der Waals surface area contributed by atoms with E-state index in [0.29, 0.717) is 5.92 Å². The molecule has 1 saturated carbocycles. The molecule has 0 aromatic carbocycles. The predicted octanol–water partition coefficient (Wildman–Crippen LogP) is 3.02. The second-order valence-electron chi connectivity index (χ2n) is 6.38. The fourth-order valence-corrected chi connectivity index (χ4v) is 4.09. The van der Waals surface area contributed by atoms with Crippen molar-refractivity contribution in [1.29, 1.82) is 0 Å². The standard InChI is InChI=1S/C13H17N3OS.C4H8O.H2/c1-8-6-10(4-5-14-8)16-13(17)12-11(7-15-18-12)9-2-3-9;1-2-4-5-3-1;/h4-6,9,11-12,15H,2-3,7H2,1H3,(H,14,16,17);1-4H2;1H. The number of amides is 1. The summed E-state index contributed by atoms with van der Waals surface area (Å²) < 4.78 is 8.21. The lowest BCUT2D eigenvalue weighted by molar-refractivity contribution is -0.116. The van der Waals surface area contributed by atoms with Crippen LogP contribution < -0.4 is 10.0 Å². The molecular weight excluding hydrogens is 310 g/mol. The van der Waals surface area contributed by atoms with Crippen molar-refractivity contribution in [2.24, 2.45) is 11.8 Å². The number of nitrogens with zero attached hydrogens (tertiary/aromatic N) is 1. The highest BCUT2D eigenvalue weighted by Gasteiger charge is 2.43. The second kappa shape index (κ2) is 8.13. The molecule has 2 aliphatic heterocycles. The van der Waals surface area contributed by atoms with Crippen molar-refractivity contribution in [1.82, 2.24) is 9.71 Å². The number of ether oxygens (including phenoxy) is 1. The summed E-state index contributed by atoms with van der Waals surface area (Å²) in [5, 5.41) is 3.04. The van der Waals surface area contributed by atoms with Crippen molar-refractivity contribution in [2.45, 2.75) is 37.9 Å². The Morgan fingerprint density at radius 2 is 2.22 bits per heavy atom. The fourth-order valence-electron chi connectivity index (χ4n) is 2.96. The normalized spacial score (nSPS) is 26.5. The van der Waals surface area contributed by atoms with Gasteiger partial charge in [0.25, 0.3) is 0 Å². The summed E-state index contributed by atoms with van der Waals surface area (Å²) in [6, 6.07) is 3.74. The highest BCUT2D eigenvalue weighted by molar-refractivity contribution is 7.99. The molecule has 1 amide bonds. The van der Waals surface area contributed by atoms with Crippen LogP contribution in [0.25, 0.3) is 0 Å². The van der Waals surface area contributed by atoms with Gasteiger partial charge in [0, 0.05) is 38.8 Å². The fraction of sp³-hybridized carbons (Fsp3) is 0.647. The highest BCUT2D eigenvalue weighted by Crippen LogP contribution is 2.44. The van der Waals surface area contributed by atoms with Crippen molar-refractivity contribution in [3.05, 3.63) is 24.0 Å². The van der Waals surface area contributed by atoms with Gasteiger partial charge in [-0.3, -0.25) is 14.5 Å². The van der Waals surface area contributed by atoms with E-state index in [4.69, 9.17) is 4.74 Å². The third kappa shape index (κ3) is 4.93. The van der Waals surface area contributed by atoms with Crippen molar-refractivity contribution in [2.75, 3.05) is 25.1 Å². The molecule has 1 aliphatic carbocycles. The summed E-state index contributed by atoms with van der Waals surface area (Å²) in [5.74, 6) is 1.37. The number of carbonyl (C=O) groups is 1. The number of carbonyl (C=O) groups excluding carboxylic acids is 1. The van der Waals surface area contributed by atoms with Crippen molar-refractivity contribution in [3.8, 4) is 0 Å². The maximum Gasteiger partial charge on any atom is 0.239 e. The average Bonchev–Trinajstić information content (AvgIpc) is 3.05. The second-order valence-corrected chi connectivity index (χ2v) is 7.42. The molecule has 2 N–H and O–H groups in total. The van der Waals surface area contributed by atoms with Gasteiger partial charge in [0.1, 0.15) is 5.25 Å². The van der Waals surface area contributed by atoms with E-state index in [2.05, 4.69) is 15.0 Å². The average molecular weight is 337 g/mol. The Morgan fingerprint density at radius 1 is 1.43 bits per heavy atom. The Hall–Kier alpha value is -1.11. The number of anilines is 1. The first-order valence-electron chi connectivity index (χ1n) is 8.44. The number of rotatable bonds is 3. The molecule has 5 nitrogen and oxygen atoms in total. The Morgan fingerprint density at radius 3 is 2.83 bits per heavy atom. The van der Waals surface area contributed by atoms with E-state index in [-0.39, 0.29) is 12.6 Å². The van der Waals surface area contributed by atoms with Gasteiger partial charge in [-0.05, 0) is 56.6 Å². The van der Waals surface area contributed by atoms with Crippen molar-refractivity contribution < 1.29 is 11.0 Å². The van der Waals surface area contributed by atoms with Crippen LogP contribution >= 0.6 is 11.9 Å². The molecule has 4 rings (SSSR count). The molecular formula is C17H27N3O2S. The topological polar surface area (TPSA) is 63.2 Å². The van der Waals surface area contributed by atoms with Crippen LogP contribution in [0.3, 0.4) is 0 Å². The molecule has 0 bridgehead atoms. The Labute approximate surface area is 143 Å². The van der Waals surface area contributed by atoms with E-state index >= 15 is 0 Å². The van der Waals surface area contributed by atoms with Gasteiger partial charge in [-0.15, -0.1) is 0 Å². The highest BCUT2D eigenvalue weighted by atomic mass is 32.2. The number of aromatic nitrogens is 1. The summed E-state index contributed by atoms with van der Waals surface area (Å²) in [5.41, 5.74) is 1.76. The molecule has 2 saturated heterocycles. The minimum Gasteiger partial charge on any atom is -0.381 e. The van der Waals surface area contributed by atoms with Crippen LogP contribution in [0.4, 0.5) is 5.69 Å². The third-order valence-electron chi connectivity index (χ3n) is 4.40. The SMILES string of the molecule is C1CCOC1.Cc1cc(NC(=O)C2SNCC2C2CC2)ccn1.[HH]. The zero-order valence-electron chi connectivity index (χ0n) is 13.6. The molecule has 6 heteroatoms. The van der Waals surface area contributed by atoms with Gasteiger partial charge in [-0.25, -0.2) is 0 Å².